The number of rotatable bonds is 3. The van der Waals surface area contributed by atoms with Crippen molar-refractivity contribution >= 4 is 22.6 Å². The van der Waals surface area contributed by atoms with Gasteiger partial charge in [-0.15, -0.1) is 0 Å². The van der Waals surface area contributed by atoms with Crippen molar-refractivity contribution in [3.05, 3.63) is 69.1 Å². The lowest BCUT2D eigenvalue weighted by Crippen LogP contribution is -2.31. The standard InChI is InChI=1S/C21H20ClN3O2/c22-16-3-1-2-15(10-16)13-24-20-11-14(12-23)4-9-19(20)25(21(24)27)17-5-7-18(26)8-6-17/h1-4,9-11,17-18,26H,5-8,13H2/t17-,18-. The van der Waals surface area contributed by atoms with Crippen LogP contribution < -0.4 is 5.69 Å². The average Bonchev–Trinajstić information content (AvgIpc) is 2.94. The van der Waals surface area contributed by atoms with Crippen LogP contribution in [0.25, 0.3) is 11.0 Å². The summed E-state index contributed by atoms with van der Waals surface area (Å²) in [5, 5.41) is 19.7. The molecule has 1 aliphatic rings. The highest BCUT2D eigenvalue weighted by Crippen LogP contribution is 2.30. The Kier molecular flexibility index (Phi) is 4.77. The number of aliphatic hydroxyl groups is 1. The summed E-state index contributed by atoms with van der Waals surface area (Å²) in [7, 11) is 0. The van der Waals surface area contributed by atoms with Gasteiger partial charge in [0.05, 0.1) is 35.3 Å². The molecule has 0 saturated heterocycles. The van der Waals surface area contributed by atoms with E-state index in [1.54, 1.807) is 22.8 Å². The van der Waals surface area contributed by atoms with E-state index in [-0.39, 0.29) is 17.8 Å². The summed E-state index contributed by atoms with van der Waals surface area (Å²) in [5.41, 5.74) is 2.97. The molecule has 138 valence electrons. The van der Waals surface area contributed by atoms with Gasteiger partial charge in [-0.25, -0.2) is 4.79 Å². The number of fused-ring (bicyclic) bond motifs is 1. The molecule has 0 bridgehead atoms. The fourth-order valence-corrected chi connectivity index (χ4v) is 4.20. The van der Waals surface area contributed by atoms with Gasteiger partial charge in [-0.05, 0) is 61.6 Å². The largest absolute Gasteiger partial charge is 0.393 e. The molecule has 1 aromatic heterocycles. The Morgan fingerprint density at radius 1 is 1.11 bits per heavy atom. The van der Waals surface area contributed by atoms with Crippen LogP contribution >= 0.6 is 11.6 Å². The number of hydrogen-bond donors (Lipinski definition) is 1. The van der Waals surface area contributed by atoms with E-state index < -0.39 is 0 Å². The number of imidazole rings is 1. The van der Waals surface area contributed by atoms with Crippen LogP contribution in [0.5, 0.6) is 0 Å². The zero-order valence-corrected chi connectivity index (χ0v) is 15.6. The molecule has 0 radical (unpaired) electrons. The maximum absolute atomic E-state index is 13.3. The second kappa shape index (κ2) is 7.22. The molecule has 4 rings (SSSR count). The molecule has 27 heavy (non-hydrogen) atoms. The van der Waals surface area contributed by atoms with Crippen LogP contribution in [0.15, 0.2) is 47.3 Å². The third-order valence-corrected chi connectivity index (χ3v) is 5.59. The van der Waals surface area contributed by atoms with E-state index in [1.165, 1.54) is 0 Å². The van der Waals surface area contributed by atoms with Crippen molar-refractivity contribution in [1.29, 1.82) is 5.26 Å². The molecule has 3 aromatic rings. The molecule has 5 nitrogen and oxygen atoms in total. The summed E-state index contributed by atoms with van der Waals surface area (Å²) in [6.45, 7) is 0.396. The fraction of sp³-hybridized carbons (Fsp3) is 0.333. The van der Waals surface area contributed by atoms with Crippen molar-refractivity contribution < 1.29 is 5.11 Å². The van der Waals surface area contributed by atoms with Crippen LogP contribution in [-0.2, 0) is 6.54 Å². The Bertz CT molecular complexity index is 1080. The van der Waals surface area contributed by atoms with Crippen LogP contribution in [0.2, 0.25) is 5.02 Å². The Hall–Kier alpha value is -2.55. The molecular formula is C21H20ClN3O2. The lowest BCUT2D eigenvalue weighted by atomic mass is 9.93. The highest BCUT2D eigenvalue weighted by atomic mass is 35.5. The number of halogens is 1. The van der Waals surface area contributed by atoms with E-state index >= 15 is 0 Å². The lowest BCUT2D eigenvalue weighted by molar-refractivity contribution is 0.110. The summed E-state index contributed by atoms with van der Waals surface area (Å²) in [6.07, 6.45) is 2.68. The molecule has 1 fully saturated rings. The first-order valence-electron chi connectivity index (χ1n) is 9.14. The SMILES string of the molecule is N#Cc1ccc2c(c1)n(Cc1cccc(Cl)c1)c(=O)n2[C@H]1CC[C@H](O)CC1. The molecule has 1 N–H and O–H groups in total. The summed E-state index contributed by atoms with van der Waals surface area (Å²) in [4.78, 5) is 13.3. The normalized spacial score (nSPS) is 19.9. The van der Waals surface area contributed by atoms with Gasteiger partial charge < -0.3 is 5.11 Å². The molecule has 1 heterocycles. The predicted molar refractivity (Wildman–Crippen MR) is 105 cm³/mol. The summed E-state index contributed by atoms with van der Waals surface area (Å²) in [6, 6.07) is 15.1. The summed E-state index contributed by atoms with van der Waals surface area (Å²) in [5.74, 6) is 0. The van der Waals surface area contributed by atoms with Crippen LogP contribution in [0.1, 0.15) is 42.9 Å². The van der Waals surface area contributed by atoms with Crippen LogP contribution in [0.4, 0.5) is 0 Å². The number of hydrogen-bond acceptors (Lipinski definition) is 3. The van der Waals surface area contributed by atoms with Gasteiger partial charge in [-0.3, -0.25) is 9.13 Å². The van der Waals surface area contributed by atoms with Crippen molar-refractivity contribution in [2.75, 3.05) is 0 Å². The maximum atomic E-state index is 13.3. The van der Waals surface area contributed by atoms with Gasteiger partial charge >= 0.3 is 5.69 Å². The first-order chi connectivity index (χ1) is 13.1. The van der Waals surface area contributed by atoms with Gasteiger partial charge in [0.1, 0.15) is 0 Å². The van der Waals surface area contributed by atoms with Crippen molar-refractivity contribution in [1.82, 2.24) is 9.13 Å². The van der Waals surface area contributed by atoms with Crippen molar-refractivity contribution in [3.63, 3.8) is 0 Å². The average molecular weight is 382 g/mol. The van der Waals surface area contributed by atoms with Crippen molar-refractivity contribution in [3.8, 4) is 6.07 Å². The van der Waals surface area contributed by atoms with E-state index in [9.17, 15) is 15.2 Å². The topological polar surface area (TPSA) is 71.0 Å². The number of aromatic nitrogens is 2. The summed E-state index contributed by atoms with van der Waals surface area (Å²) >= 11 is 6.10. The third kappa shape index (κ3) is 3.39. The van der Waals surface area contributed by atoms with Crippen molar-refractivity contribution in [2.45, 2.75) is 44.4 Å². The van der Waals surface area contributed by atoms with E-state index in [2.05, 4.69) is 6.07 Å². The third-order valence-electron chi connectivity index (χ3n) is 5.35. The minimum atomic E-state index is -0.276. The Labute approximate surface area is 162 Å². The predicted octanol–water partition coefficient (Wildman–Crippen LogP) is 3.85. The molecule has 0 amide bonds. The number of nitriles is 1. The van der Waals surface area contributed by atoms with E-state index in [1.807, 2.05) is 28.8 Å². The van der Waals surface area contributed by atoms with Crippen LogP contribution in [0, 0.1) is 11.3 Å². The van der Waals surface area contributed by atoms with E-state index in [0.717, 1.165) is 29.4 Å². The molecule has 6 heteroatoms. The quantitative estimate of drug-likeness (QED) is 0.749. The van der Waals surface area contributed by atoms with Gasteiger partial charge in [-0.2, -0.15) is 5.26 Å². The molecule has 1 saturated carbocycles. The minimum absolute atomic E-state index is 0.0666. The van der Waals surface area contributed by atoms with Gasteiger partial charge in [0, 0.05) is 11.1 Å². The smallest absolute Gasteiger partial charge is 0.329 e. The molecule has 0 spiro atoms. The number of benzene rings is 2. The highest BCUT2D eigenvalue weighted by molar-refractivity contribution is 6.30. The van der Waals surface area contributed by atoms with Gasteiger partial charge in [0.25, 0.3) is 0 Å². The van der Waals surface area contributed by atoms with Crippen LogP contribution in [-0.4, -0.2) is 20.3 Å². The molecule has 0 atom stereocenters. The molecule has 2 aromatic carbocycles. The Balaban J connectivity index is 1.85. The molecule has 0 aliphatic heterocycles. The summed E-state index contributed by atoms with van der Waals surface area (Å²) < 4.78 is 3.56. The Morgan fingerprint density at radius 3 is 2.59 bits per heavy atom. The van der Waals surface area contributed by atoms with E-state index in [4.69, 9.17) is 11.6 Å². The zero-order valence-electron chi connectivity index (χ0n) is 14.8. The fourth-order valence-electron chi connectivity index (χ4n) is 3.99. The van der Waals surface area contributed by atoms with Gasteiger partial charge in [0.15, 0.2) is 0 Å². The zero-order chi connectivity index (χ0) is 19.0. The maximum Gasteiger partial charge on any atom is 0.329 e. The van der Waals surface area contributed by atoms with Gasteiger partial charge in [0.2, 0.25) is 0 Å². The minimum Gasteiger partial charge on any atom is -0.393 e. The second-order valence-electron chi connectivity index (χ2n) is 7.15. The van der Waals surface area contributed by atoms with Gasteiger partial charge in [-0.1, -0.05) is 23.7 Å². The molecule has 0 unspecified atom stereocenters. The lowest BCUT2D eigenvalue weighted by Gasteiger charge is -2.26. The second-order valence-corrected chi connectivity index (χ2v) is 7.58. The van der Waals surface area contributed by atoms with Crippen LogP contribution in [0.3, 0.4) is 0 Å². The highest BCUT2D eigenvalue weighted by Gasteiger charge is 2.25. The van der Waals surface area contributed by atoms with E-state index in [0.29, 0.717) is 30.0 Å². The number of nitrogens with zero attached hydrogens (tertiary/aromatic N) is 3. The molecular weight excluding hydrogens is 362 g/mol. The Morgan fingerprint density at radius 2 is 1.89 bits per heavy atom. The first kappa shape index (κ1) is 17.8. The first-order valence-corrected chi connectivity index (χ1v) is 9.52. The van der Waals surface area contributed by atoms with Crippen molar-refractivity contribution in [2.24, 2.45) is 0 Å². The number of aliphatic hydroxyl groups excluding tert-OH is 1. The monoisotopic (exact) mass is 381 g/mol. The molecule has 1 aliphatic carbocycles.